The lowest BCUT2D eigenvalue weighted by molar-refractivity contribution is -0.303. The van der Waals surface area contributed by atoms with Gasteiger partial charge in [0.1, 0.15) is 5.82 Å². The Morgan fingerprint density at radius 3 is 2.02 bits per heavy atom. The molecule has 1 aliphatic heterocycles. The van der Waals surface area contributed by atoms with Crippen molar-refractivity contribution in [2.45, 2.75) is 102 Å². The molecule has 9 heteroatoms. The average molecular weight is 613 g/mol. The van der Waals surface area contributed by atoms with Gasteiger partial charge in [-0.2, -0.15) is 8.78 Å². The van der Waals surface area contributed by atoms with Crippen LogP contribution in [-0.4, -0.2) is 25.4 Å². The van der Waals surface area contributed by atoms with Crippen LogP contribution in [0.15, 0.2) is 30.3 Å². The molecule has 238 valence electrons. The molecule has 1 heterocycles. The highest BCUT2D eigenvalue weighted by Crippen LogP contribution is 2.44. The second kappa shape index (κ2) is 14.3. The number of benzene rings is 2. The summed E-state index contributed by atoms with van der Waals surface area (Å²) in [6, 6.07) is 5.57. The lowest BCUT2D eigenvalue weighted by Gasteiger charge is -2.40. The van der Waals surface area contributed by atoms with Crippen LogP contribution in [0.1, 0.15) is 95.8 Å². The summed E-state index contributed by atoms with van der Waals surface area (Å²) in [6.45, 7) is 2.95. The topological polar surface area (TPSA) is 27.7 Å². The van der Waals surface area contributed by atoms with Gasteiger partial charge in [-0.3, -0.25) is 0 Å². The average Bonchev–Trinajstić information content (AvgIpc) is 3.00. The number of ether oxygens (including phenoxy) is 3. The summed E-state index contributed by atoms with van der Waals surface area (Å²) in [4.78, 5) is 0. The van der Waals surface area contributed by atoms with E-state index in [9.17, 15) is 17.6 Å². The SMILES string of the molecule is CCCCCC1CCC(C(F)(F)OC2CCC(C3COC(c4ccc(-c5cc(F)c(F)c(F)c5)c(F)c4)OC3)CC2)CC1. The summed E-state index contributed by atoms with van der Waals surface area (Å²) >= 11 is 0. The monoisotopic (exact) mass is 612 g/mol. The van der Waals surface area contributed by atoms with Crippen molar-refractivity contribution < 1.29 is 40.6 Å². The van der Waals surface area contributed by atoms with Gasteiger partial charge in [0.15, 0.2) is 23.7 Å². The van der Waals surface area contributed by atoms with Crippen molar-refractivity contribution in [3.05, 3.63) is 59.2 Å². The molecule has 0 radical (unpaired) electrons. The molecule has 2 saturated carbocycles. The quantitative estimate of drug-likeness (QED) is 0.152. The molecule has 2 aromatic carbocycles. The largest absolute Gasteiger partial charge is 0.358 e. The number of hydrogen-bond acceptors (Lipinski definition) is 3. The van der Waals surface area contributed by atoms with Crippen LogP contribution in [0, 0.1) is 46.9 Å². The summed E-state index contributed by atoms with van der Waals surface area (Å²) in [7, 11) is 0. The van der Waals surface area contributed by atoms with E-state index in [-0.39, 0.29) is 23.0 Å². The van der Waals surface area contributed by atoms with Gasteiger partial charge in [0.05, 0.1) is 25.2 Å². The molecule has 2 aliphatic carbocycles. The first kappa shape index (κ1) is 32.3. The molecule has 0 spiro atoms. The van der Waals surface area contributed by atoms with Crippen LogP contribution >= 0.6 is 0 Å². The molecular weight excluding hydrogens is 570 g/mol. The summed E-state index contributed by atoms with van der Waals surface area (Å²) in [5, 5.41) is 0. The second-order valence-corrected chi connectivity index (χ2v) is 12.7. The standard InChI is InChI=1S/C34H42F6O3/c1-2-3-4-5-21-6-11-26(12-7-21)34(39,40)43-27-13-8-22(9-14-27)25-19-41-33(42-20-25)23-10-15-28(29(35)16-23)24-17-30(36)32(38)31(37)18-24/h10,15-18,21-22,25-27,33H,2-9,11-14,19-20H2,1H3. The van der Waals surface area contributed by atoms with Crippen LogP contribution in [0.4, 0.5) is 26.3 Å². The molecule has 0 bridgehead atoms. The van der Waals surface area contributed by atoms with Gasteiger partial charge in [-0.15, -0.1) is 0 Å². The summed E-state index contributed by atoms with van der Waals surface area (Å²) in [5.74, 6) is -4.91. The Morgan fingerprint density at radius 1 is 0.767 bits per heavy atom. The molecule has 43 heavy (non-hydrogen) atoms. The molecular formula is C34H42F6O3. The third kappa shape index (κ3) is 7.95. The maximum absolute atomic E-state index is 15.0. The first-order chi connectivity index (χ1) is 20.6. The van der Waals surface area contributed by atoms with Crippen molar-refractivity contribution in [3.63, 3.8) is 0 Å². The van der Waals surface area contributed by atoms with Crippen LogP contribution in [-0.2, 0) is 14.2 Å². The van der Waals surface area contributed by atoms with E-state index in [0.717, 1.165) is 44.2 Å². The number of hydrogen-bond donors (Lipinski definition) is 0. The molecule has 0 unspecified atom stereocenters. The van der Waals surface area contributed by atoms with Crippen LogP contribution in [0.2, 0.25) is 0 Å². The number of alkyl halides is 2. The van der Waals surface area contributed by atoms with Gasteiger partial charge >= 0.3 is 6.11 Å². The minimum Gasteiger partial charge on any atom is -0.348 e. The van der Waals surface area contributed by atoms with Gasteiger partial charge in [-0.1, -0.05) is 44.7 Å². The molecule has 3 nitrogen and oxygen atoms in total. The second-order valence-electron chi connectivity index (χ2n) is 12.7. The fraction of sp³-hybridized carbons (Fsp3) is 0.647. The van der Waals surface area contributed by atoms with E-state index in [0.29, 0.717) is 50.4 Å². The van der Waals surface area contributed by atoms with E-state index in [1.54, 1.807) is 6.07 Å². The maximum atomic E-state index is 15.0. The van der Waals surface area contributed by atoms with E-state index in [2.05, 4.69) is 6.92 Å². The minimum absolute atomic E-state index is 0.0742. The van der Waals surface area contributed by atoms with Gasteiger partial charge < -0.3 is 14.2 Å². The van der Waals surface area contributed by atoms with E-state index in [4.69, 9.17) is 14.2 Å². The van der Waals surface area contributed by atoms with E-state index < -0.39 is 47.7 Å². The van der Waals surface area contributed by atoms with Crippen LogP contribution in [0.3, 0.4) is 0 Å². The predicted octanol–water partition coefficient (Wildman–Crippen LogP) is 10.1. The van der Waals surface area contributed by atoms with Crippen molar-refractivity contribution >= 4 is 0 Å². The van der Waals surface area contributed by atoms with Crippen molar-refractivity contribution in [1.29, 1.82) is 0 Å². The molecule has 1 saturated heterocycles. The van der Waals surface area contributed by atoms with Gasteiger partial charge in [0.25, 0.3) is 0 Å². The zero-order chi connectivity index (χ0) is 30.6. The predicted molar refractivity (Wildman–Crippen MR) is 151 cm³/mol. The zero-order valence-electron chi connectivity index (χ0n) is 24.7. The molecule has 3 fully saturated rings. The maximum Gasteiger partial charge on any atom is 0.358 e. The van der Waals surface area contributed by atoms with Gasteiger partial charge in [-0.05, 0) is 87.0 Å². The molecule has 0 aromatic heterocycles. The van der Waals surface area contributed by atoms with E-state index in [1.807, 2.05) is 0 Å². The highest BCUT2D eigenvalue weighted by atomic mass is 19.3. The highest BCUT2D eigenvalue weighted by molar-refractivity contribution is 5.64. The highest BCUT2D eigenvalue weighted by Gasteiger charge is 2.45. The molecule has 0 N–H and O–H groups in total. The fourth-order valence-electron chi connectivity index (χ4n) is 7.07. The Kier molecular flexibility index (Phi) is 10.8. The first-order valence-electron chi connectivity index (χ1n) is 15.9. The third-order valence-electron chi connectivity index (χ3n) is 9.73. The zero-order valence-corrected chi connectivity index (χ0v) is 24.7. The van der Waals surface area contributed by atoms with Crippen LogP contribution in [0.5, 0.6) is 0 Å². The third-order valence-corrected chi connectivity index (χ3v) is 9.73. The van der Waals surface area contributed by atoms with Crippen LogP contribution < -0.4 is 0 Å². The van der Waals surface area contributed by atoms with E-state index >= 15 is 8.78 Å². The minimum atomic E-state index is -3.08. The Labute approximate surface area is 250 Å². The molecule has 2 aromatic rings. The number of unbranched alkanes of at least 4 members (excludes halogenated alkanes) is 2. The number of rotatable bonds is 10. The molecule has 0 amide bonds. The van der Waals surface area contributed by atoms with Gasteiger partial charge in [0, 0.05) is 17.0 Å². The Hall–Kier alpha value is -2.10. The van der Waals surface area contributed by atoms with Crippen molar-refractivity contribution in [2.75, 3.05) is 13.2 Å². The van der Waals surface area contributed by atoms with E-state index in [1.165, 1.54) is 31.4 Å². The van der Waals surface area contributed by atoms with Gasteiger partial charge in [-0.25, -0.2) is 17.6 Å². The summed E-state index contributed by atoms with van der Waals surface area (Å²) in [6.07, 6.45) is 5.85. The fourth-order valence-corrected chi connectivity index (χ4v) is 7.07. The van der Waals surface area contributed by atoms with Crippen LogP contribution in [0.25, 0.3) is 11.1 Å². The molecule has 3 aliphatic rings. The Morgan fingerprint density at radius 2 is 1.42 bits per heavy atom. The summed E-state index contributed by atoms with van der Waals surface area (Å²) < 4.78 is 103. The van der Waals surface area contributed by atoms with Crippen molar-refractivity contribution in [2.24, 2.45) is 23.7 Å². The molecule has 5 rings (SSSR count). The summed E-state index contributed by atoms with van der Waals surface area (Å²) in [5.41, 5.74) is 0.223. The molecule has 0 atom stereocenters. The lowest BCUT2D eigenvalue weighted by Crippen LogP contribution is -2.40. The first-order valence-corrected chi connectivity index (χ1v) is 15.9. The smallest absolute Gasteiger partial charge is 0.348 e. The van der Waals surface area contributed by atoms with Crippen molar-refractivity contribution in [1.82, 2.24) is 0 Å². The Balaban J connectivity index is 1.06. The normalized spacial score (nSPS) is 28.6. The van der Waals surface area contributed by atoms with Crippen molar-refractivity contribution in [3.8, 4) is 11.1 Å². The van der Waals surface area contributed by atoms with Gasteiger partial charge in [0.2, 0.25) is 0 Å². The number of halogens is 6. The lowest BCUT2D eigenvalue weighted by atomic mass is 9.78. The Bertz CT molecular complexity index is 1180.